The van der Waals surface area contributed by atoms with Crippen LogP contribution in [0.15, 0.2) is 0 Å². The normalized spacial score (nSPS) is 33.6. The molecule has 1 aliphatic rings. The van der Waals surface area contributed by atoms with Crippen molar-refractivity contribution in [3.8, 4) is 0 Å². The van der Waals surface area contributed by atoms with Crippen molar-refractivity contribution in [1.29, 1.82) is 0 Å². The van der Waals surface area contributed by atoms with Crippen molar-refractivity contribution in [1.82, 2.24) is 9.80 Å². The number of nitrogens with zero attached hydrogens (tertiary/aromatic N) is 2. The molecule has 0 unspecified atom stereocenters. The lowest BCUT2D eigenvalue weighted by Crippen LogP contribution is -2.69. The van der Waals surface area contributed by atoms with Gasteiger partial charge in [0.1, 0.15) is 0 Å². The van der Waals surface area contributed by atoms with Crippen LogP contribution in [0, 0.1) is 0 Å². The minimum absolute atomic E-state index is 0.283. The van der Waals surface area contributed by atoms with Crippen LogP contribution in [0.2, 0.25) is 0 Å². The number of hydrogen-bond acceptors (Lipinski definition) is 3. The molecule has 0 radical (unpaired) electrons. The van der Waals surface area contributed by atoms with E-state index in [9.17, 15) is 5.11 Å². The molecule has 0 spiro atoms. The Kier molecular flexibility index (Phi) is 3.40. The Balaban J connectivity index is 2.90. The zero-order valence-corrected chi connectivity index (χ0v) is 10.6. The number of likely N-dealkylation sites (N-methyl/N-ethyl adjacent to an activating group) is 2. The summed E-state index contributed by atoms with van der Waals surface area (Å²) in [6.45, 7) is 0. The van der Waals surface area contributed by atoms with Crippen molar-refractivity contribution in [3.63, 3.8) is 0 Å². The highest BCUT2D eigenvalue weighted by atomic mass is 35.5. The van der Waals surface area contributed by atoms with Gasteiger partial charge in [-0.2, -0.15) is 0 Å². The van der Waals surface area contributed by atoms with Gasteiger partial charge in [-0.25, -0.2) is 0 Å². The van der Waals surface area contributed by atoms with Crippen LogP contribution >= 0.6 is 23.2 Å². The van der Waals surface area contributed by atoms with Crippen LogP contribution in [-0.2, 0) is 0 Å². The first-order valence-corrected chi connectivity index (χ1v) is 5.40. The largest absolute Gasteiger partial charge is 0.393 e. The predicted molar refractivity (Wildman–Crippen MR) is 59.8 cm³/mol. The molecule has 1 N–H and O–H groups in total. The SMILES string of the molecule is CN(C)C(Cl)(Cl)C1(N(C)C)CC(O)C1. The highest BCUT2D eigenvalue weighted by molar-refractivity contribution is 6.49. The van der Waals surface area contributed by atoms with Crippen LogP contribution in [0.1, 0.15) is 12.8 Å². The molecule has 0 aliphatic heterocycles. The third-order valence-electron chi connectivity index (χ3n) is 3.12. The van der Waals surface area contributed by atoms with Crippen molar-refractivity contribution in [2.75, 3.05) is 28.2 Å². The summed E-state index contributed by atoms with van der Waals surface area (Å²) in [5.41, 5.74) is -0.348. The highest BCUT2D eigenvalue weighted by Crippen LogP contribution is 2.51. The molecule has 0 aromatic carbocycles. The van der Waals surface area contributed by atoms with Gasteiger partial charge in [0.25, 0.3) is 0 Å². The summed E-state index contributed by atoms with van der Waals surface area (Å²) >= 11 is 12.7. The molecule has 1 saturated carbocycles. The molecule has 5 heteroatoms. The maximum absolute atomic E-state index is 9.42. The average Bonchev–Trinajstić information content (AvgIpc) is 1.96. The zero-order valence-electron chi connectivity index (χ0n) is 9.09. The van der Waals surface area contributed by atoms with Crippen molar-refractivity contribution >= 4 is 23.2 Å². The lowest BCUT2D eigenvalue weighted by atomic mass is 9.72. The molecule has 84 valence electrons. The molecule has 1 fully saturated rings. The fourth-order valence-electron chi connectivity index (χ4n) is 2.02. The lowest BCUT2D eigenvalue weighted by molar-refractivity contribution is -0.0861. The monoisotopic (exact) mass is 240 g/mol. The summed E-state index contributed by atoms with van der Waals surface area (Å²) in [5, 5.41) is 9.42. The van der Waals surface area contributed by atoms with Gasteiger partial charge in [-0.15, -0.1) is 0 Å². The molecular weight excluding hydrogens is 223 g/mol. The minimum Gasteiger partial charge on any atom is -0.393 e. The Morgan fingerprint density at radius 2 is 1.64 bits per heavy atom. The van der Waals surface area contributed by atoms with Crippen molar-refractivity contribution in [2.24, 2.45) is 0 Å². The van der Waals surface area contributed by atoms with Crippen molar-refractivity contribution in [3.05, 3.63) is 0 Å². The number of alkyl halides is 2. The highest BCUT2D eigenvalue weighted by Gasteiger charge is 2.59. The Labute approximate surface area is 95.6 Å². The second-order valence-corrected chi connectivity index (χ2v) is 5.71. The molecule has 0 bridgehead atoms. The van der Waals surface area contributed by atoms with E-state index in [0.29, 0.717) is 12.8 Å². The minimum atomic E-state index is -0.963. The molecule has 0 heterocycles. The molecule has 1 rings (SSSR count). The number of halogens is 2. The van der Waals surface area contributed by atoms with Crippen molar-refractivity contribution in [2.45, 2.75) is 28.9 Å². The molecule has 14 heavy (non-hydrogen) atoms. The number of aliphatic hydroxyl groups excluding tert-OH is 1. The van der Waals surface area contributed by atoms with Gasteiger partial charge in [-0.1, -0.05) is 23.2 Å². The molecule has 0 atom stereocenters. The van der Waals surface area contributed by atoms with E-state index in [0.717, 1.165) is 0 Å². The molecule has 3 nitrogen and oxygen atoms in total. The summed E-state index contributed by atoms with van der Waals surface area (Å²) in [5.74, 6) is 0. The molecule has 1 aliphatic carbocycles. The Morgan fingerprint density at radius 1 is 1.21 bits per heavy atom. The fourth-order valence-corrected chi connectivity index (χ4v) is 2.66. The standard InChI is InChI=1S/C9H18Cl2N2O/c1-12(2)8(5-7(14)6-8)9(10,11)13(3)4/h7,14H,5-6H2,1-4H3. The second-order valence-electron chi connectivity index (χ2n) is 4.42. The van der Waals surface area contributed by atoms with Gasteiger partial charge in [0.15, 0.2) is 4.46 Å². The average molecular weight is 241 g/mol. The summed E-state index contributed by atoms with van der Waals surface area (Å²) < 4.78 is -0.963. The van der Waals surface area contributed by atoms with E-state index >= 15 is 0 Å². The maximum atomic E-state index is 9.42. The summed E-state index contributed by atoms with van der Waals surface area (Å²) in [4.78, 5) is 3.78. The molecule has 0 saturated heterocycles. The molecule has 0 aromatic heterocycles. The van der Waals surface area contributed by atoms with E-state index in [1.165, 1.54) is 0 Å². The van der Waals surface area contributed by atoms with E-state index in [-0.39, 0.29) is 11.6 Å². The Hall–Kier alpha value is 0.460. The predicted octanol–water partition coefficient (Wildman–Crippen LogP) is 1.13. The first kappa shape index (κ1) is 12.5. The smallest absolute Gasteiger partial charge is 0.189 e. The maximum Gasteiger partial charge on any atom is 0.189 e. The van der Waals surface area contributed by atoms with Crippen LogP contribution in [0.4, 0.5) is 0 Å². The second kappa shape index (κ2) is 3.80. The van der Waals surface area contributed by atoms with Gasteiger partial charge < -0.3 is 5.11 Å². The number of aliphatic hydroxyl groups is 1. The van der Waals surface area contributed by atoms with Gasteiger partial charge in [0.2, 0.25) is 0 Å². The van der Waals surface area contributed by atoms with E-state index < -0.39 is 4.46 Å². The van der Waals surface area contributed by atoms with Crippen LogP contribution in [0.25, 0.3) is 0 Å². The fraction of sp³-hybridized carbons (Fsp3) is 1.00. The van der Waals surface area contributed by atoms with Crippen LogP contribution in [-0.4, -0.2) is 59.2 Å². The quantitative estimate of drug-likeness (QED) is 0.592. The van der Waals surface area contributed by atoms with E-state index in [1.54, 1.807) is 4.90 Å². The number of hydrogen-bond donors (Lipinski definition) is 1. The summed E-state index contributed by atoms with van der Waals surface area (Å²) in [6, 6.07) is 0. The summed E-state index contributed by atoms with van der Waals surface area (Å²) in [7, 11) is 7.57. The summed E-state index contributed by atoms with van der Waals surface area (Å²) in [6.07, 6.45) is 0.949. The number of rotatable bonds is 3. The third kappa shape index (κ3) is 1.65. The molecule has 0 amide bonds. The molecular formula is C9H18Cl2N2O. The van der Waals surface area contributed by atoms with E-state index in [2.05, 4.69) is 0 Å². The van der Waals surface area contributed by atoms with Crippen molar-refractivity contribution < 1.29 is 5.11 Å². The van der Waals surface area contributed by atoms with Gasteiger partial charge in [-0.05, 0) is 41.0 Å². The first-order chi connectivity index (χ1) is 6.24. The first-order valence-electron chi connectivity index (χ1n) is 4.65. The van der Waals surface area contributed by atoms with Gasteiger partial charge in [0, 0.05) is 0 Å². The van der Waals surface area contributed by atoms with E-state index in [1.807, 2.05) is 33.1 Å². The Bertz CT molecular complexity index is 213. The zero-order chi connectivity index (χ0) is 11.1. The van der Waals surface area contributed by atoms with Crippen LogP contribution in [0.3, 0.4) is 0 Å². The van der Waals surface area contributed by atoms with E-state index in [4.69, 9.17) is 23.2 Å². The van der Waals surface area contributed by atoms with Gasteiger partial charge in [0.05, 0.1) is 11.6 Å². The van der Waals surface area contributed by atoms with Crippen LogP contribution < -0.4 is 0 Å². The third-order valence-corrected chi connectivity index (χ3v) is 4.50. The lowest BCUT2D eigenvalue weighted by Gasteiger charge is -2.57. The molecule has 0 aromatic rings. The van der Waals surface area contributed by atoms with Crippen LogP contribution in [0.5, 0.6) is 0 Å². The van der Waals surface area contributed by atoms with Gasteiger partial charge >= 0.3 is 0 Å². The topological polar surface area (TPSA) is 26.7 Å². The Morgan fingerprint density at radius 3 is 1.86 bits per heavy atom. The van der Waals surface area contributed by atoms with Gasteiger partial charge in [-0.3, -0.25) is 9.80 Å².